The molecule has 6 nitrogen and oxygen atoms in total. The average Bonchev–Trinajstić information content (AvgIpc) is 3.01. The second-order valence-corrected chi connectivity index (χ2v) is 5.24. The van der Waals surface area contributed by atoms with Crippen molar-refractivity contribution >= 4 is 17.3 Å². The fourth-order valence-corrected chi connectivity index (χ4v) is 2.57. The zero-order valence-electron chi connectivity index (χ0n) is 10.7. The van der Waals surface area contributed by atoms with Gasteiger partial charge in [0.25, 0.3) is 0 Å². The lowest BCUT2D eigenvalue weighted by Gasteiger charge is -2.12. The fourth-order valence-electron chi connectivity index (χ4n) is 1.90. The molecule has 7 heteroatoms. The number of aromatic nitrogens is 4. The molecule has 0 amide bonds. The molecule has 0 aliphatic carbocycles. The van der Waals surface area contributed by atoms with Crippen molar-refractivity contribution in [1.29, 1.82) is 0 Å². The van der Waals surface area contributed by atoms with Crippen molar-refractivity contribution in [3.63, 3.8) is 0 Å². The summed E-state index contributed by atoms with van der Waals surface area (Å²) in [5.41, 5.74) is 1.17. The molecule has 0 fully saturated rings. The predicted octanol–water partition coefficient (Wildman–Crippen LogP) is 1.83. The third-order valence-electron chi connectivity index (χ3n) is 3.02. The molecule has 0 radical (unpaired) electrons. The Morgan fingerprint density at radius 3 is 3.05 bits per heavy atom. The molecule has 1 atom stereocenters. The monoisotopic (exact) mass is 280 g/mol. The van der Waals surface area contributed by atoms with Gasteiger partial charge in [-0.3, -0.25) is 4.79 Å². The van der Waals surface area contributed by atoms with E-state index in [9.17, 15) is 4.79 Å². The van der Waals surface area contributed by atoms with Crippen LogP contribution >= 0.6 is 11.3 Å². The molecule has 0 saturated heterocycles. The Morgan fingerprint density at radius 2 is 2.42 bits per heavy atom. The number of hydrogen-bond acceptors (Lipinski definition) is 5. The van der Waals surface area contributed by atoms with Crippen molar-refractivity contribution in [3.05, 3.63) is 28.2 Å². The number of carboxylic acid groups (broad SMARTS) is 1. The summed E-state index contributed by atoms with van der Waals surface area (Å²) in [5.74, 6) is 0.0590. The first kappa shape index (κ1) is 13.7. The first-order valence-corrected chi connectivity index (χ1v) is 7.11. The summed E-state index contributed by atoms with van der Waals surface area (Å²) in [6.45, 7) is 2.53. The smallest absolute Gasteiger partial charge is 0.303 e. The van der Waals surface area contributed by atoms with Crippen LogP contribution in [0.2, 0.25) is 0 Å². The average molecular weight is 280 g/mol. The van der Waals surface area contributed by atoms with Crippen LogP contribution in [0.4, 0.5) is 0 Å². The van der Waals surface area contributed by atoms with Crippen molar-refractivity contribution in [3.8, 4) is 0 Å². The quantitative estimate of drug-likeness (QED) is 0.836. The summed E-state index contributed by atoms with van der Waals surface area (Å²) in [5, 5.41) is 24.6. The van der Waals surface area contributed by atoms with E-state index >= 15 is 0 Å². The van der Waals surface area contributed by atoms with Crippen LogP contribution in [0.15, 0.2) is 16.8 Å². The third-order valence-corrected chi connectivity index (χ3v) is 3.75. The Bertz CT molecular complexity index is 524. The summed E-state index contributed by atoms with van der Waals surface area (Å²) in [6.07, 6.45) is 1.62. The molecule has 0 saturated carbocycles. The van der Waals surface area contributed by atoms with Gasteiger partial charge in [-0.25, -0.2) is 4.68 Å². The number of tetrazole rings is 1. The Hall–Kier alpha value is -1.76. The van der Waals surface area contributed by atoms with E-state index in [2.05, 4.69) is 20.9 Å². The Morgan fingerprint density at radius 1 is 1.58 bits per heavy atom. The van der Waals surface area contributed by atoms with Gasteiger partial charge < -0.3 is 5.11 Å². The van der Waals surface area contributed by atoms with Crippen LogP contribution < -0.4 is 0 Å². The summed E-state index contributed by atoms with van der Waals surface area (Å²) in [7, 11) is 0. The summed E-state index contributed by atoms with van der Waals surface area (Å²) in [4.78, 5) is 10.8. The summed E-state index contributed by atoms with van der Waals surface area (Å²) in [6, 6.07) is 2.04. The molecule has 2 aromatic heterocycles. The lowest BCUT2D eigenvalue weighted by Crippen LogP contribution is -2.17. The van der Waals surface area contributed by atoms with Crippen molar-refractivity contribution in [2.75, 3.05) is 0 Å². The van der Waals surface area contributed by atoms with Crippen LogP contribution in [0.1, 0.15) is 31.2 Å². The highest BCUT2D eigenvalue weighted by atomic mass is 32.1. The van der Waals surface area contributed by atoms with Gasteiger partial charge in [0.2, 0.25) is 0 Å². The highest BCUT2D eigenvalue weighted by molar-refractivity contribution is 7.07. The topological polar surface area (TPSA) is 80.9 Å². The molecule has 2 aromatic rings. The highest BCUT2D eigenvalue weighted by Gasteiger charge is 2.15. The second kappa shape index (κ2) is 6.42. The first-order chi connectivity index (χ1) is 9.19. The largest absolute Gasteiger partial charge is 0.481 e. The molecule has 0 bridgehead atoms. The van der Waals surface area contributed by atoms with E-state index in [-0.39, 0.29) is 12.3 Å². The number of carboxylic acids is 1. The van der Waals surface area contributed by atoms with E-state index in [0.29, 0.717) is 13.0 Å². The van der Waals surface area contributed by atoms with Crippen LogP contribution in [0.25, 0.3) is 0 Å². The Balaban J connectivity index is 2.04. The van der Waals surface area contributed by atoms with E-state index < -0.39 is 5.97 Å². The molecular weight excluding hydrogens is 264 g/mol. The zero-order chi connectivity index (χ0) is 13.7. The van der Waals surface area contributed by atoms with Crippen LogP contribution in [-0.2, 0) is 17.8 Å². The van der Waals surface area contributed by atoms with E-state index in [1.54, 1.807) is 16.0 Å². The van der Waals surface area contributed by atoms with Gasteiger partial charge in [-0.15, -0.1) is 5.10 Å². The SMILES string of the molecule is CCC(CC(=O)O)Cn1nnnc1Cc1ccsc1. The van der Waals surface area contributed by atoms with Crippen LogP contribution in [0.5, 0.6) is 0 Å². The number of thiophene rings is 1. The van der Waals surface area contributed by atoms with Crippen molar-refractivity contribution in [1.82, 2.24) is 20.2 Å². The molecule has 2 rings (SSSR count). The minimum atomic E-state index is -0.778. The molecule has 0 spiro atoms. The lowest BCUT2D eigenvalue weighted by atomic mass is 10.0. The van der Waals surface area contributed by atoms with E-state index in [4.69, 9.17) is 5.11 Å². The number of rotatable bonds is 7. The molecular formula is C12H16N4O2S. The van der Waals surface area contributed by atoms with Crippen molar-refractivity contribution in [2.24, 2.45) is 5.92 Å². The normalized spacial score (nSPS) is 12.5. The molecule has 102 valence electrons. The minimum absolute atomic E-state index is 0.0576. The maximum absolute atomic E-state index is 10.8. The van der Waals surface area contributed by atoms with Gasteiger partial charge in [-0.2, -0.15) is 11.3 Å². The number of carbonyl (C=O) groups is 1. The number of nitrogens with zero attached hydrogens (tertiary/aromatic N) is 4. The zero-order valence-corrected chi connectivity index (χ0v) is 11.5. The van der Waals surface area contributed by atoms with Gasteiger partial charge in [-0.05, 0) is 38.7 Å². The van der Waals surface area contributed by atoms with Crippen LogP contribution in [-0.4, -0.2) is 31.3 Å². The maximum Gasteiger partial charge on any atom is 0.303 e. The van der Waals surface area contributed by atoms with Gasteiger partial charge in [0.15, 0.2) is 5.82 Å². The van der Waals surface area contributed by atoms with Crippen molar-refractivity contribution < 1.29 is 9.90 Å². The van der Waals surface area contributed by atoms with E-state index in [1.165, 1.54) is 5.56 Å². The van der Waals surface area contributed by atoms with Gasteiger partial charge in [-0.1, -0.05) is 13.3 Å². The molecule has 2 heterocycles. The molecule has 0 aromatic carbocycles. The first-order valence-electron chi connectivity index (χ1n) is 6.17. The van der Waals surface area contributed by atoms with Gasteiger partial charge in [0.1, 0.15) is 0 Å². The minimum Gasteiger partial charge on any atom is -0.481 e. The van der Waals surface area contributed by atoms with Gasteiger partial charge >= 0.3 is 5.97 Å². The number of aliphatic carboxylic acids is 1. The maximum atomic E-state index is 10.8. The molecule has 0 aliphatic heterocycles. The predicted molar refractivity (Wildman–Crippen MR) is 71.0 cm³/mol. The van der Waals surface area contributed by atoms with Crippen LogP contribution in [0, 0.1) is 5.92 Å². The standard InChI is InChI=1S/C12H16N4O2S/c1-2-9(6-12(17)18)7-16-11(13-14-15-16)5-10-3-4-19-8-10/h3-4,8-9H,2,5-7H2,1H3,(H,17,18). The van der Waals surface area contributed by atoms with Crippen LogP contribution in [0.3, 0.4) is 0 Å². The van der Waals surface area contributed by atoms with Gasteiger partial charge in [0.05, 0.1) is 0 Å². The van der Waals surface area contributed by atoms with Gasteiger partial charge in [0, 0.05) is 19.4 Å². The molecule has 19 heavy (non-hydrogen) atoms. The molecule has 1 unspecified atom stereocenters. The van der Waals surface area contributed by atoms with Crippen molar-refractivity contribution in [2.45, 2.75) is 32.7 Å². The van der Waals surface area contributed by atoms with E-state index in [1.807, 2.05) is 18.4 Å². The Labute approximate surface area is 115 Å². The molecule has 1 N–H and O–H groups in total. The number of hydrogen-bond donors (Lipinski definition) is 1. The second-order valence-electron chi connectivity index (χ2n) is 4.46. The Kier molecular flexibility index (Phi) is 4.62. The lowest BCUT2D eigenvalue weighted by molar-refractivity contribution is -0.138. The van der Waals surface area contributed by atoms with E-state index in [0.717, 1.165) is 12.2 Å². The fraction of sp³-hybridized carbons (Fsp3) is 0.500. The highest BCUT2D eigenvalue weighted by Crippen LogP contribution is 2.14. The summed E-state index contributed by atoms with van der Waals surface area (Å²) < 4.78 is 1.72. The summed E-state index contributed by atoms with van der Waals surface area (Å²) >= 11 is 1.64. The third kappa shape index (κ3) is 3.85. The molecule has 0 aliphatic rings.